The fourth-order valence-electron chi connectivity index (χ4n) is 3.63. The second-order valence-corrected chi connectivity index (χ2v) is 10.0. The lowest BCUT2D eigenvalue weighted by Gasteiger charge is -2.29. The molecule has 30 heavy (non-hydrogen) atoms. The third-order valence-corrected chi connectivity index (χ3v) is 7.56. The summed E-state index contributed by atoms with van der Waals surface area (Å²) in [5.41, 5.74) is 2.40. The van der Waals surface area contributed by atoms with Crippen LogP contribution < -0.4 is 4.74 Å². The summed E-state index contributed by atoms with van der Waals surface area (Å²) in [6.45, 7) is 5.58. The van der Waals surface area contributed by atoms with E-state index in [0.717, 1.165) is 24.0 Å². The minimum atomic E-state index is -3.65. The van der Waals surface area contributed by atoms with Crippen LogP contribution in [0.5, 0.6) is 5.75 Å². The van der Waals surface area contributed by atoms with Crippen LogP contribution in [-0.4, -0.2) is 50.8 Å². The number of amides is 1. The third-order valence-electron chi connectivity index (χ3n) is 5.67. The van der Waals surface area contributed by atoms with Crippen LogP contribution in [-0.2, 0) is 16.6 Å². The van der Waals surface area contributed by atoms with Crippen LogP contribution in [0.1, 0.15) is 41.3 Å². The van der Waals surface area contributed by atoms with Gasteiger partial charge in [-0.3, -0.25) is 4.79 Å². The van der Waals surface area contributed by atoms with Gasteiger partial charge in [-0.15, -0.1) is 0 Å². The Hall–Kier alpha value is -2.38. The van der Waals surface area contributed by atoms with Crippen LogP contribution in [0.25, 0.3) is 0 Å². The van der Waals surface area contributed by atoms with Gasteiger partial charge in [-0.2, -0.15) is 4.31 Å². The second-order valence-electron chi connectivity index (χ2n) is 8.10. The quantitative estimate of drug-likeness (QED) is 0.701. The third kappa shape index (κ3) is 4.84. The predicted octanol–water partition coefficient (Wildman–Crippen LogP) is 3.70. The Morgan fingerprint density at radius 2 is 1.77 bits per heavy atom. The molecule has 162 valence electrons. The average molecular weight is 431 g/mol. The summed E-state index contributed by atoms with van der Waals surface area (Å²) in [5, 5.41) is 0. The van der Waals surface area contributed by atoms with Crippen LogP contribution in [0.4, 0.5) is 0 Å². The van der Waals surface area contributed by atoms with E-state index in [-0.39, 0.29) is 16.4 Å². The van der Waals surface area contributed by atoms with Crippen molar-refractivity contribution in [2.24, 2.45) is 5.92 Å². The van der Waals surface area contributed by atoms with Gasteiger partial charge in [-0.05, 0) is 49.4 Å². The molecule has 1 aliphatic rings. The lowest BCUT2D eigenvalue weighted by atomic mass is 10.0. The van der Waals surface area contributed by atoms with Gasteiger partial charge in [0.15, 0.2) is 0 Å². The van der Waals surface area contributed by atoms with Gasteiger partial charge in [-0.25, -0.2) is 8.42 Å². The van der Waals surface area contributed by atoms with Crippen molar-refractivity contribution in [3.05, 3.63) is 59.2 Å². The van der Waals surface area contributed by atoms with E-state index < -0.39 is 10.0 Å². The van der Waals surface area contributed by atoms with Crippen molar-refractivity contribution < 1.29 is 17.9 Å². The lowest BCUT2D eigenvalue weighted by molar-refractivity contribution is 0.0781. The molecule has 0 aliphatic carbocycles. The number of carbonyl (C=O) groups is 1. The van der Waals surface area contributed by atoms with Crippen molar-refractivity contribution in [2.75, 3.05) is 27.2 Å². The summed E-state index contributed by atoms with van der Waals surface area (Å²) in [7, 11) is -0.467. The van der Waals surface area contributed by atoms with Gasteiger partial charge in [0, 0.05) is 26.7 Å². The SMILES string of the molecule is COc1ccc(S(=O)(=O)N2CCC(C)CC2)cc1C(=O)N(C)Cc1ccc(C)cc1. The first-order valence-corrected chi connectivity index (χ1v) is 11.7. The first-order valence-electron chi connectivity index (χ1n) is 10.2. The minimum absolute atomic E-state index is 0.130. The zero-order valence-electron chi connectivity index (χ0n) is 18.1. The molecule has 2 aromatic rings. The molecule has 1 heterocycles. The standard InChI is InChI=1S/C23H30N2O4S/c1-17-5-7-19(8-6-17)16-24(3)23(26)21-15-20(9-10-22(21)29-4)30(27,28)25-13-11-18(2)12-14-25/h5-10,15,18H,11-14,16H2,1-4H3. The Kier molecular flexibility index (Phi) is 6.83. The maximum absolute atomic E-state index is 13.1. The van der Waals surface area contributed by atoms with Crippen molar-refractivity contribution in [1.82, 2.24) is 9.21 Å². The molecule has 0 unspecified atom stereocenters. The molecule has 0 bridgehead atoms. The highest BCUT2D eigenvalue weighted by Crippen LogP contribution is 2.28. The first kappa shape index (κ1) is 22.3. The monoisotopic (exact) mass is 430 g/mol. The van der Waals surface area contributed by atoms with E-state index in [1.807, 2.05) is 31.2 Å². The van der Waals surface area contributed by atoms with E-state index in [1.54, 1.807) is 18.0 Å². The molecule has 0 atom stereocenters. The number of sulfonamides is 1. The fraction of sp³-hybridized carbons (Fsp3) is 0.435. The van der Waals surface area contributed by atoms with Crippen molar-refractivity contribution in [1.29, 1.82) is 0 Å². The Morgan fingerprint density at radius 3 is 2.37 bits per heavy atom. The van der Waals surface area contributed by atoms with Crippen LogP contribution in [0, 0.1) is 12.8 Å². The van der Waals surface area contributed by atoms with Crippen molar-refractivity contribution in [2.45, 2.75) is 38.1 Å². The minimum Gasteiger partial charge on any atom is -0.496 e. The van der Waals surface area contributed by atoms with Crippen LogP contribution >= 0.6 is 0 Å². The van der Waals surface area contributed by atoms with Gasteiger partial charge in [0.2, 0.25) is 10.0 Å². The van der Waals surface area contributed by atoms with Crippen LogP contribution in [0.15, 0.2) is 47.4 Å². The smallest absolute Gasteiger partial charge is 0.257 e. The predicted molar refractivity (Wildman–Crippen MR) is 117 cm³/mol. The summed E-state index contributed by atoms with van der Waals surface area (Å²) in [6.07, 6.45) is 1.70. The largest absolute Gasteiger partial charge is 0.496 e. The fourth-order valence-corrected chi connectivity index (χ4v) is 5.13. The van der Waals surface area contributed by atoms with Gasteiger partial charge in [0.25, 0.3) is 5.91 Å². The van der Waals surface area contributed by atoms with Gasteiger partial charge in [-0.1, -0.05) is 36.8 Å². The molecule has 0 spiro atoms. The van der Waals surface area contributed by atoms with Crippen molar-refractivity contribution >= 4 is 15.9 Å². The molecule has 2 aromatic carbocycles. The van der Waals surface area contributed by atoms with E-state index in [2.05, 4.69) is 6.92 Å². The topological polar surface area (TPSA) is 66.9 Å². The number of aryl methyl sites for hydroxylation is 1. The number of piperidine rings is 1. The molecule has 1 fully saturated rings. The molecular weight excluding hydrogens is 400 g/mol. The molecule has 1 amide bonds. The number of benzene rings is 2. The molecular formula is C23H30N2O4S. The highest BCUT2D eigenvalue weighted by Gasteiger charge is 2.29. The zero-order valence-corrected chi connectivity index (χ0v) is 18.9. The Balaban J connectivity index is 1.86. The maximum Gasteiger partial charge on any atom is 0.257 e. The number of methoxy groups -OCH3 is 1. The Bertz CT molecular complexity index is 994. The summed E-state index contributed by atoms with van der Waals surface area (Å²) in [6, 6.07) is 12.5. The molecule has 1 saturated heterocycles. The number of rotatable bonds is 6. The maximum atomic E-state index is 13.1. The van der Waals surface area contributed by atoms with Gasteiger partial charge in [0.05, 0.1) is 17.6 Å². The van der Waals surface area contributed by atoms with Crippen LogP contribution in [0.3, 0.4) is 0 Å². The summed E-state index contributed by atoms with van der Waals surface area (Å²) in [5.74, 6) is 0.610. The first-order chi connectivity index (χ1) is 14.2. The van der Waals surface area contributed by atoms with E-state index in [9.17, 15) is 13.2 Å². The number of hydrogen-bond donors (Lipinski definition) is 0. The molecule has 0 radical (unpaired) electrons. The zero-order chi connectivity index (χ0) is 21.9. The van der Waals surface area contributed by atoms with Crippen molar-refractivity contribution in [3.63, 3.8) is 0 Å². The number of ether oxygens (including phenoxy) is 1. The Labute approximate surface area is 179 Å². The van der Waals surface area contributed by atoms with E-state index in [0.29, 0.717) is 31.3 Å². The van der Waals surface area contributed by atoms with E-state index in [1.165, 1.54) is 23.5 Å². The molecule has 0 aromatic heterocycles. The lowest BCUT2D eigenvalue weighted by Crippen LogP contribution is -2.38. The summed E-state index contributed by atoms with van der Waals surface area (Å²) in [4.78, 5) is 14.8. The van der Waals surface area contributed by atoms with Gasteiger partial charge in [0.1, 0.15) is 5.75 Å². The van der Waals surface area contributed by atoms with Crippen molar-refractivity contribution in [3.8, 4) is 5.75 Å². The molecule has 7 heteroatoms. The molecule has 0 N–H and O–H groups in total. The summed E-state index contributed by atoms with van der Waals surface area (Å²) < 4.78 is 33.1. The molecule has 0 saturated carbocycles. The van der Waals surface area contributed by atoms with E-state index >= 15 is 0 Å². The molecule has 6 nitrogen and oxygen atoms in total. The van der Waals surface area contributed by atoms with Gasteiger partial charge < -0.3 is 9.64 Å². The molecule has 3 rings (SSSR count). The van der Waals surface area contributed by atoms with Crippen LogP contribution in [0.2, 0.25) is 0 Å². The van der Waals surface area contributed by atoms with E-state index in [4.69, 9.17) is 4.74 Å². The summed E-state index contributed by atoms with van der Waals surface area (Å²) >= 11 is 0. The second kappa shape index (κ2) is 9.18. The highest BCUT2D eigenvalue weighted by atomic mass is 32.2. The number of carbonyl (C=O) groups excluding carboxylic acids is 1. The van der Waals surface area contributed by atoms with Gasteiger partial charge >= 0.3 is 0 Å². The average Bonchev–Trinajstić information content (AvgIpc) is 2.74. The highest BCUT2D eigenvalue weighted by molar-refractivity contribution is 7.89. The Morgan fingerprint density at radius 1 is 1.13 bits per heavy atom. The number of hydrogen-bond acceptors (Lipinski definition) is 4. The normalized spacial score (nSPS) is 15.7. The number of nitrogens with zero attached hydrogens (tertiary/aromatic N) is 2. The molecule has 1 aliphatic heterocycles.